The lowest BCUT2D eigenvalue weighted by Gasteiger charge is -2.07. The summed E-state index contributed by atoms with van der Waals surface area (Å²) in [6, 6.07) is 4.80. The van der Waals surface area contributed by atoms with Crippen LogP contribution in [0.3, 0.4) is 0 Å². The summed E-state index contributed by atoms with van der Waals surface area (Å²) in [5.41, 5.74) is 6.26. The molecule has 0 bridgehead atoms. The fourth-order valence-electron chi connectivity index (χ4n) is 1.21. The van der Waals surface area contributed by atoms with Gasteiger partial charge in [-0.25, -0.2) is 4.39 Å². The lowest BCUT2D eigenvalue weighted by Crippen LogP contribution is -2.03. The third-order valence-corrected chi connectivity index (χ3v) is 3.20. The Morgan fingerprint density at radius 3 is 2.94 bits per heavy atom. The minimum atomic E-state index is -0.294. The van der Waals surface area contributed by atoms with Crippen LogP contribution in [-0.2, 0) is 16.1 Å². The second-order valence-corrected chi connectivity index (χ2v) is 4.21. The second-order valence-electron chi connectivity index (χ2n) is 3.11. The van der Waals surface area contributed by atoms with Crippen LogP contribution in [0.1, 0.15) is 12.0 Å². The molecule has 5 heteroatoms. The fraction of sp³-hybridized carbons (Fsp3) is 0.364. The van der Waals surface area contributed by atoms with Crippen molar-refractivity contribution < 1.29 is 13.9 Å². The number of hydrogen-bond acceptors (Lipinski definition) is 4. The Morgan fingerprint density at radius 2 is 2.31 bits per heavy atom. The normalized spacial score (nSPS) is 10.2. The number of methoxy groups -OCH3 is 1. The highest BCUT2D eigenvalue weighted by Gasteiger charge is 2.09. The Morgan fingerprint density at radius 1 is 1.56 bits per heavy atom. The van der Waals surface area contributed by atoms with Crippen LogP contribution < -0.4 is 5.73 Å². The van der Waals surface area contributed by atoms with Crippen molar-refractivity contribution in [2.24, 2.45) is 5.73 Å². The number of thioether (sulfide) groups is 1. The van der Waals surface area contributed by atoms with Gasteiger partial charge in [0.2, 0.25) is 0 Å². The molecule has 0 aromatic heterocycles. The van der Waals surface area contributed by atoms with E-state index in [1.807, 2.05) is 0 Å². The number of esters is 1. The van der Waals surface area contributed by atoms with E-state index in [4.69, 9.17) is 5.73 Å². The van der Waals surface area contributed by atoms with E-state index in [0.717, 1.165) is 5.56 Å². The standard InChI is InChI=1S/C11H14FNO2S/c1-15-10(14)5-6-16-11-8(7-13)3-2-4-9(11)12/h2-4H,5-7,13H2,1H3. The first-order valence-corrected chi connectivity index (χ1v) is 5.84. The number of benzene rings is 1. The number of rotatable bonds is 5. The van der Waals surface area contributed by atoms with Crippen molar-refractivity contribution in [1.82, 2.24) is 0 Å². The third-order valence-electron chi connectivity index (χ3n) is 2.05. The van der Waals surface area contributed by atoms with E-state index in [9.17, 15) is 9.18 Å². The maximum atomic E-state index is 13.5. The Labute approximate surface area is 98.2 Å². The van der Waals surface area contributed by atoms with Crippen molar-refractivity contribution in [3.8, 4) is 0 Å². The van der Waals surface area contributed by atoms with E-state index >= 15 is 0 Å². The minimum absolute atomic E-state index is 0.263. The van der Waals surface area contributed by atoms with Crippen LogP contribution in [0.4, 0.5) is 4.39 Å². The Balaban J connectivity index is 2.62. The van der Waals surface area contributed by atoms with Crippen molar-refractivity contribution in [3.63, 3.8) is 0 Å². The van der Waals surface area contributed by atoms with Crippen LogP contribution in [-0.4, -0.2) is 18.8 Å². The predicted molar refractivity (Wildman–Crippen MR) is 61.6 cm³/mol. The highest BCUT2D eigenvalue weighted by Crippen LogP contribution is 2.26. The predicted octanol–water partition coefficient (Wildman–Crippen LogP) is 1.94. The molecule has 1 rings (SSSR count). The summed E-state index contributed by atoms with van der Waals surface area (Å²) in [6.07, 6.45) is 0.263. The van der Waals surface area contributed by atoms with Gasteiger partial charge in [0.25, 0.3) is 0 Å². The van der Waals surface area contributed by atoms with Gasteiger partial charge in [0.1, 0.15) is 5.82 Å². The molecule has 1 aromatic rings. The molecule has 1 aromatic carbocycles. The quantitative estimate of drug-likeness (QED) is 0.634. The zero-order valence-electron chi connectivity index (χ0n) is 9.03. The van der Waals surface area contributed by atoms with Crippen molar-refractivity contribution in [3.05, 3.63) is 29.6 Å². The molecule has 88 valence electrons. The summed E-state index contributed by atoms with van der Waals surface area (Å²) in [4.78, 5) is 11.4. The zero-order chi connectivity index (χ0) is 12.0. The first kappa shape index (κ1) is 13.0. The molecule has 0 amide bonds. The average molecular weight is 243 g/mol. The van der Waals surface area contributed by atoms with Crippen molar-refractivity contribution >= 4 is 17.7 Å². The molecule has 0 atom stereocenters. The molecule has 3 nitrogen and oxygen atoms in total. The SMILES string of the molecule is COC(=O)CCSc1c(F)cccc1CN. The average Bonchev–Trinajstić information content (AvgIpc) is 2.30. The number of halogens is 1. The summed E-state index contributed by atoms with van der Waals surface area (Å²) >= 11 is 1.29. The van der Waals surface area contributed by atoms with E-state index < -0.39 is 0 Å². The van der Waals surface area contributed by atoms with Crippen LogP contribution in [0.25, 0.3) is 0 Å². The molecular formula is C11H14FNO2S. The van der Waals surface area contributed by atoms with E-state index in [1.54, 1.807) is 12.1 Å². The van der Waals surface area contributed by atoms with Gasteiger partial charge in [-0.05, 0) is 11.6 Å². The monoisotopic (exact) mass is 243 g/mol. The molecule has 0 aliphatic carbocycles. The van der Waals surface area contributed by atoms with Crippen molar-refractivity contribution in [1.29, 1.82) is 0 Å². The lowest BCUT2D eigenvalue weighted by atomic mass is 10.2. The van der Waals surface area contributed by atoms with Crippen molar-refractivity contribution in [2.75, 3.05) is 12.9 Å². The van der Waals surface area contributed by atoms with Gasteiger partial charge in [-0.1, -0.05) is 12.1 Å². The van der Waals surface area contributed by atoms with E-state index in [-0.39, 0.29) is 24.8 Å². The van der Waals surface area contributed by atoms with Gasteiger partial charge in [0.05, 0.1) is 13.5 Å². The molecule has 0 radical (unpaired) electrons. The van der Waals surface area contributed by atoms with Crippen LogP contribution in [0, 0.1) is 5.82 Å². The largest absolute Gasteiger partial charge is 0.469 e. The maximum Gasteiger partial charge on any atom is 0.306 e. The molecule has 0 saturated carbocycles. The Bertz CT molecular complexity index is 371. The van der Waals surface area contributed by atoms with Gasteiger partial charge in [-0.3, -0.25) is 4.79 Å². The van der Waals surface area contributed by atoms with Crippen LogP contribution in [0.15, 0.2) is 23.1 Å². The molecule has 0 unspecified atom stereocenters. The molecule has 16 heavy (non-hydrogen) atoms. The molecule has 0 saturated heterocycles. The third kappa shape index (κ3) is 3.50. The summed E-state index contributed by atoms with van der Waals surface area (Å²) in [7, 11) is 1.33. The van der Waals surface area contributed by atoms with Crippen LogP contribution in [0.2, 0.25) is 0 Å². The first-order chi connectivity index (χ1) is 7.69. The van der Waals surface area contributed by atoms with Crippen LogP contribution in [0.5, 0.6) is 0 Å². The van der Waals surface area contributed by atoms with Gasteiger partial charge in [0.15, 0.2) is 0 Å². The second kappa shape index (κ2) is 6.50. The smallest absolute Gasteiger partial charge is 0.306 e. The van der Waals surface area contributed by atoms with Gasteiger partial charge in [-0.2, -0.15) is 0 Å². The Kier molecular flexibility index (Phi) is 5.28. The number of nitrogens with two attached hydrogens (primary N) is 1. The fourth-order valence-corrected chi connectivity index (χ4v) is 2.23. The zero-order valence-corrected chi connectivity index (χ0v) is 9.85. The molecular weight excluding hydrogens is 229 g/mol. The van der Waals surface area contributed by atoms with Gasteiger partial charge in [0, 0.05) is 17.2 Å². The number of hydrogen-bond donors (Lipinski definition) is 1. The van der Waals surface area contributed by atoms with E-state index in [1.165, 1.54) is 24.9 Å². The maximum absolute atomic E-state index is 13.5. The number of carbonyl (C=O) groups is 1. The number of carbonyl (C=O) groups excluding carboxylic acids is 1. The molecule has 0 aliphatic rings. The lowest BCUT2D eigenvalue weighted by molar-refractivity contribution is -0.140. The van der Waals surface area contributed by atoms with E-state index in [0.29, 0.717) is 10.6 Å². The highest BCUT2D eigenvalue weighted by atomic mass is 32.2. The highest BCUT2D eigenvalue weighted by molar-refractivity contribution is 7.99. The molecule has 0 spiro atoms. The van der Waals surface area contributed by atoms with Crippen molar-refractivity contribution in [2.45, 2.75) is 17.9 Å². The van der Waals surface area contributed by atoms with Gasteiger partial charge in [-0.15, -0.1) is 11.8 Å². The molecule has 0 heterocycles. The van der Waals surface area contributed by atoms with Gasteiger partial charge >= 0.3 is 5.97 Å². The van der Waals surface area contributed by atoms with Crippen LogP contribution >= 0.6 is 11.8 Å². The topological polar surface area (TPSA) is 52.3 Å². The molecule has 0 aliphatic heterocycles. The minimum Gasteiger partial charge on any atom is -0.469 e. The Hall–Kier alpha value is -1.07. The summed E-state index contributed by atoms with van der Waals surface area (Å²) in [5.74, 6) is -0.100. The molecule has 2 N–H and O–H groups in total. The summed E-state index contributed by atoms with van der Waals surface area (Å²) < 4.78 is 18.0. The summed E-state index contributed by atoms with van der Waals surface area (Å²) in [6.45, 7) is 0.290. The summed E-state index contributed by atoms with van der Waals surface area (Å²) in [5, 5.41) is 0. The first-order valence-electron chi connectivity index (χ1n) is 4.86. The molecule has 0 fully saturated rings. The van der Waals surface area contributed by atoms with Gasteiger partial charge < -0.3 is 10.5 Å². The van der Waals surface area contributed by atoms with E-state index in [2.05, 4.69) is 4.74 Å². The number of ether oxygens (including phenoxy) is 1.